The molecule has 0 aromatic heterocycles. The normalized spacial score (nSPS) is 21.6. The van der Waals surface area contributed by atoms with Gasteiger partial charge in [-0.05, 0) is 86.6 Å². The largest absolute Gasteiger partial charge is 0.416 e. The molecule has 5 rings (SSSR count). The fourth-order valence-corrected chi connectivity index (χ4v) is 6.06. The summed E-state index contributed by atoms with van der Waals surface area (Å²) in [6.07, 6.45) is 0.156. The van der Waals surface area contributed by atoms with E-state index in [0.717, 1.165) is 37.4 Å². The van der Waals surface area contributed by atoms with Crippen LogP contribution in [-0.4, -0.2) is 29.3 Å². The third-order valence-electron chi connectivity index (χ3n) is 8.23. The first-order valence-electron chi connectivity index (χ1n) is 14.8. The molecule has 42 heavy (non-hydrogen) atoms. The fraction of sp³-hybridized carbons (Fsp3) is 0.394. The summed E-state index contributed by atoms with van der Waals surface area (Å²) >= 11 is 0. The molecule has 5 nitrogen and oxygen atoms in total. The van der Waals surface area contributed by atoms with E-state index in [1.807, 2.05) is 12.1 Å². The lowest BCUT2D eigenvalue weighted by molar-refractivity contribution is -0.138. The van der Waals surface area contributed by atoms with Crippen molar-refractivity contribution in [3.05, 3.63) is 94.3 Å². The lowest BCUT2D eigenvalue weighted by Crippen LogP contribution is -2.46. The number of rotatable bonds is 6. The molecule has 2 fully saturated rings. The molecule has 9 heteroatoms. The number of anilines is 2. The van der Waals surface area contributed by atoms with Gasteiger partial charge in [-0.25, -0.2) is 4.39 Å². The van der Waals surface area contributed by atoms with Crippen molar-refractivity contribution < 1.29 is 28.5 Å². The number of aryl methyl sites for hydroxylation is 2. The number of carbonyl (C=O) groups excluding carboxylic acids is 2. The van der Waals surface area contributed by atoms with E-state index in [-0.39, 0.29) is 36.2 Å². The van der Waals surface area contributed by atoms with Crippen molar-refractivity contribution >= 4 is 23.2 Å². The molecule has 3 aromatic carbocycles. The zero-order valence-corrected chi connectivity index (χ0v) is 23.7. The molecule has 2 aliphatic rings. The predicted molar refractivity (Wildman–Crippen MR) is 155 cm³/mol. The van der Waals surface area contributed by atoms with Gasteiger partial charge in [-0.1, -0.05) is 43.2 Å². The molecule has 2 N–H and O–H groups in total. The number of carbonyl (C=O) groups is 2. The Bertz CT molecular complexity index is 1480. The molecule has 1 aliphatic heterocycles. The lowest BCUT2D eigenvalue weighted by Gasteiger charge is -2.41. The SMILES string of the molecule is [2H][C@]1(C(=O)Nc2ccc(C)c(C(F)(F)F)c2)CCCN(C(=O)c2c(C)cccc2F)[C@H]1c1ccc(NC2CCCC2)cc1. The second-order valence-corrected chi connectivity index (χ2v) is 11.2. The topological polar surface area (TPSA) is 61.4 Å². The summed E-state index contributed by atoms with van der Waals surface area (Å²) in [5.74, 6) is -4.17. The molecule has 0 radical (unpaired) electrons. The van der Waals surface area contributed by atoms with E-state index in [1.54, 1.807) is 25.1 Å². The minimum Gasteiger partial charge on any atom is -0.382 e. The molecule has 3 aromatic rings. The van der Waals surface area contributed by atoms with Crippen molar-refractivity contribution in [3.8, 4) is 0 Å². The van der Waals surface area contributed by atoms with E-state index in [1.165, 1.54) is 36.1 Å². The Balaban J connectivity index is 1.52. The average molecular weight is 583 g/mol. The summed E-state index contributed by atoms with van der Waals surface area (Å²) in [6.45, 7) is 3.13. The van der Waals surface area contributed by atoms with Crippen LogP contribution in [0.1, 0.15) is 78.5 Å². The molecule has 1 heterocycles. The number of halogens is 4. The molecule has 0 unspecified atom stereocenters. The first-order chi connectivity index (χ1) is 20.4. The van der Waals surface area contributed by atoms with Gasteiger partial charge in [0.15, 0.2) is 0 Å². The number of hydrogen-bond acceptors (Lipinski definition) is 3. The van der Waals surface area contributed by atoms with Crippen LogP contribution in [0.4, 0.5) is 28.9 Å². The van der Waals surface area contributed by atoms with Crippen LogP contribution in [0.15, 0.2) is 60.7 Å². The van der Waals surface area contributed by atoms with Crippen LogP contribution in [0.5, 0.6) is 0 Å². The van der Waals surface area contributed by atoms with Crippen LogP contribution in [0.25, 0.3) is 0 Å². The maximum atomic E-state index is 15.0. The first kappa shape index (κ1) is 28.2. The van der Waals surface area contributed by atoms with Gasteiger partial charge in [0.1, 0.15) is 5.82 Å². The van der Waals surface area contributed by atoms with Crippen molar-refractivity contribution in [1.82, 2.24) is 4.90 Å². The van der Waals surface area contributed by atoms with Crippen molar-refractivity contribution in [1.29, 1.82) is 0 Å². The molecule has 1 aliphatic carbocycles. The van der Waals surface area contributed by atoms with Crippen molar-refractivity contribution in [2.45, 2.75) is 70.6 Å². The summed E-state index contributed by atoms with van der Waals surface area (Å²) in [5, 5.41) is 6.02. The highest BCUT2D eigenvalue weighted by molar-refractivity contribution is 5.98. The Morgan fingerprint density at radius 3 is 2.26 bits per heavy atom. The summed E-state index contributed by atoms with van der Waals surface area (Å²) in [4.78, 5) is 29.1. The second-order valence-electron chi connectivity index (χ2n) is 11.2. The lowest BCUT2D eigenvalue weighted by atomic mass is 9.83. The smallest absolute Gasteiger partial charge is 0.382 e. The molecule has 222 valence electrons. The first-order valence-corrected chi connectivity index (χ1v) is 14.3. The van der Waals surface area contributed by atoms with Crippen LogP contribution in [0.2, 0.25) is 0 Å². The van der Waals surface area contributed by atoms with E-state index in [9.17, 15) is 28.5 Å². The Labute approximate surface area is 244 Å². The highest BCUT2D eigenvalue weighted by Crippen LogP contribution is 2.40. The molecule has 1 saturated heterocycles. The van der Waals surface area contributed by atoms with Crippen LogP contribution in [-0.2, 0) is 11.0 Å². The summed E-state index contributed by atoms with van der Waals surface area (Å²) in [7, 11) is 0. The van der Waals surface area contributed by atoms with Gasteiger partial charge < -0.3 is 15.5 Å². The third-order valence-corrected chi connectivity index (χ3v) is 8.23. The van der Waals surface area contributed by atoms with Gasteiger partial charge in [0.25, 0.3) is 5.91 Å². The number of nitrogens with one attached hydrogen (secondary N) is 2. The van der Waals surface area contributed by atoms with Gasteiger partial charge in [0.2, 0.25) is 5.91 Å². The summed E-state index contributed by atoms with van der Waals surface area (Å²) in [5.41, 5.74) is 0.678. The van der Waals surface area contributed by atoms with Crippen LogP contribution in [0, 0.1) is 25.6 Å². The molecular formula is C33H35F4N3O2. The van der Waals surface area contributed by atoms with Gasteiger partial charge >= 0.3 is 6.18 Å². The monoisotopic (exact) mass is 582 g/mol. The highest BCUT2D eigenvalue weighted by atomic mass is 19.4. The van der Waals surface area contributed by atoms with E-state index in [0.29, 0.717) is 17.2 Å². The van der Waals surface area contributed by atoms with Gasteiger partial charge in [-0.3, -0.25) is 9.59 Å². The molecule has 0 bridgehead atoms. The molecule has 2 atom stereocenters. The van der Waals surface area contributed by atoms with Gasteiger partial charge in [0.05, 0.1) is 23.1 Å². The number of benzene rings is 3. The van der Waals surface area contributed by atoms with Crippen molar-refractivity contribution in [2.75, 3.05) is 17.2 Å². The fourth-order valence-electron chi connectivity index (χ4n) is 6.06. The number of hydrogen-bond donors (Lipinski definition) is 2. The number of alkyl halides is 3. The Kier molecular flexibility index (Phi) is 8.18. The number of amides is 2. The minimum absolute atomic E-state index is 0.00459. The maximum absolute atomic E-state index is 15.0. The van der Waals surface area contributed by atoms with Crippen molar-refractivity contribution in [2.24, 2.45) is 5.89 Å². The average Bonchev–Trinajstić information content (AvgIpc) is 3.47. The minimum atomic E-state index is -4.62. The zero-order chi connectivity index (χ0) is 30.9. The molecule has 0 spiro atoms. The molecule has 2 amide bonds. The predicted octanol–water partition coefficient (Wildman–Crippen LogP) is 8.05. The number of piperidine rings is 1. The van der Waals surface area contributed by atoms with Crippen LogP contribution >= 0.6 is 0 Å². The maximum Gasteiger partial charge on any atom is 0.416 e. The van der Waals surface area contributed by atoms with Gasteiger partial charge in [0, 0.05) is 25.3 Å². The van der Waals surface area contributed by atoms with E-state index in [4.69, 9.17) is 0 Å². The Morgan fingerprint density at radius 1 is 0.905 bits per heavy atom. The third kappa shape index (κ3) is 6.30. The van der Waals surface area contributed by atoms with E-state index in [2.05, 4.69) is 10.6 Å². The second kappa shape index (κ2) is 12.2. The quantitative estimate of drug-likeness (QED) is 0.289. The van der Waals surface area contributed by atoms with Crippen LogP contribution in [0.3, 0.4) is 0 Å². The number of likely N-dealkylation sites (tertiary alicyclic amines) is 1. The summed E-state index contributed by atoms with van der Waals surface area (Å²) in [6, 6.07) is 14.2. The van der Waals surface area contributed by atoms with Gasteiger partial charge in [-0.2, -0.15) is 13.2 Å². The number of nitrogens with zero attached hydrogens (tertiary/aromatic N) is 1. The van der Waals surface area contributed by atoms with Crippen molar-refractivity contribution in [3.63, 3.8) is 0 Å². The van der Waals surface area contributed by atoms with E-state index >= 15 is 0 Å². The molecule has 1 saturated carbocycles. The van der Waals surface area contributed by atoms with Gasteiger partial charge in [-0.15, -0.1) is 0 Å². The Morgan fingerprint density at radius 2 is 1.60 bits per heavy atom. The van der Waals surface area contributed by atoms with Crippen LogP contribution < -0.4 is 10.6 Å². The zero-order valence-electron chi connectivity index (χ0n) is 24.7. The highest BCUT2D eigenvalue weighted by Gasteiger charge is 2.41. The van der Waals surface area contributed by atoms with E-state index < -0.39 is 41.3 Å². The summed E-state index contributed by atoms with van der Waals surface area (Å²) < 4.78 is 65.2. The molecular weight excluding hydrogens is 546 g/mol. The Hall–Kier alpha value is -3.88. The standard InChI is InChI=1S/C33H35F4N3O2/c1-20-12-15-25(19-27(20)33(35,36)37)39-31(41)26-10-6-18-40(32(42)29-21(2)7-5-11-28(29)34)30(26)22-13-16-24(17-14-22)38-23-8-3-4-9-23/h5,7,11-17,19,23,26,30,38H,3-4,6,8-10,18H2,1-2H3,(H,39,41)/t26-,30-/m0/s1/i26D.